The number of fused-ring (bicyclic) bond motifs is 1. The molecule has 2 aliphatic rings. The average molecular weight is 316 g/mol. The van der Waals surface area contributed by atoms with E-state index in [9.17, 15) is 4.79 Å². The van der Waals surface area contributed by atoms with E-state index in [1.807, 2.05) is 16.2 Å². The van der Waals surface area contributed by atoms with Crippen molar-refractivity contribution in [3.8, 4) is 0 Å². The van der Waals surface area contributed by atoms with Gasteiger partial charge in [-0.05, 0) is 25.5 Å². The third-order valence-electron chi connectivity index (χ3n) is 4.69. The molecule has 2 aromatic rings. The highest BCUT2D eigenvalue weighted by Crippen LogP contribution is 2.50. The monoisotopic (exact) mass is 316 g/mol. The van der Waals surface area contributed by atoms with Crippen molar-refractivity contribution in [2.75, 3.05) is 6.54 Å². The molecular formula is C16H20N4OS. The molecule has 3 heterocycles. The molecule has 0 unspecified atom stereocenters. The third-order valence-corrected chi connectivity index (χ3v) is 5.82. The predicted octanol–water partition coefficient (Wildman–Crippen LogP) is 2.36. The summed E-state index contributed by atoms with van der Waals surface area (Å²) in [6.45, 7) is 6.43. The van der Waals surface area contributed by atoms with Gasteiger partial charge in [0.05, 0.1) is 6.54 Å². The van der Waals surface area contributed by atoms with Crippen LogP contribution in [-0.2, 0) is 24.3 Å². The molecule has 1 aliphatic heterocycles. The predicted molar refractivity (Wildman–Crippen MR) is 84.7 cm³/mol. The second kappa shape index (κ2) is 5.19. The molecule has 1 saturated carbocycles. The molecule has 1 aliphatic carbocycles. The number of carbonyl (C=O) groups excluding carboxylic acids is 1. The standard InChI is InChI=1S/C16H20N4OS/c1-3-14-17-18-15-9-19(6-7-20(14)15)16(21)12-8-11(12)13-5-4-10(2)22-13/h4-5,11-12H,3,6-9H2,1-2H3/t11-,12+/m1/s1. The van der Waals surface area contributed by atoms with E-state index in [0.29, 0.717) is 18.4 Å². The van der Waals surface area contributed by atoms with Crippen molar-refractivity contribution < 1.29 is 4.79 Å². The van der Waals surface area contributed by atoms with Crippen LogP contribution in [0.15, 0.2) is 12.1 Å². The maximum atomic E-state index is 12.7. The molecule has 6 heteroatoms. The van der Waals surface area contributed by atoms with Crippen LogP contribution >= 0.6 is 11.3 Å². The van der Waals surface area contributed by atoms with Crippen molar-refractivity contribution in [3.05, 3.63) is 33.5 Å². The summed E-state index contributed by atoms with van der Waals surface area (Å²) in [7, 11) is 0. The number of aromatic nitrogens is 3. The molecule has 22 heavy (non-hydrogen) atoms. The van der Waals surface area contributed by atoms with Gasteiger partial charge in [0.25, 0.3) is 0 Å². The summed E-state index contributed by atoms with van der Waals surface area (Å²) >= 11 is 1.82. The number of hydrogen-bond acceptors (Lipinski definition) is 4. The zero-order valence-corrected chi connectivity index (χ0v) is 13.8. The number of thiophene rings is 1. The highest BCUT2D eigenvalue weighted by Gasteiger charge is 2.47. The van der Waals surface area contributed by atoms with Gasteiger partial charge in [-0.1, -0.05) is 6.92 Å². The minimum Gasteiger partial charge on any atom is -0.333 e. The molecule has 0 aromatic carbocycles. The van der Waals surface area contributed by atoms with Crippen LogP contribution in [0, 0.1) is 12.8 Å². The first kappa shape index (κ1) is 13.9. The van der Waals surface area contributed by atoms with Crippen molar-refractivity contribution in [1.29, 1.82) is 0 Å². The Hall–Kier alpha value is -1.69. The lowest BCUT2D eigenvalue weighted by Crippen LogP contribution is -2.39. The van der Waals surface area contributed by atoms with Crippen molar-refractivity contribution >= 4 is 17.2 Å². The Labute approximate surface area is 134 Å². The van der Waals surface area contributed by atoms with Crippen molar-refractivity contribution in [3.63, 3.8) is 0 Å². The topological polar surface area (TPSA) is 51.0 Å². The smallest absolute Gasteiger partial charge is 0.226 e. The summed E-state index contributed by atoms with van der Waals surface area (Å²) in [4.78, 5) is 17.4. The van der Waals surface area contributed by atoms with Gasteiger partial charge in [-0.3, -0.25) is 4.79 Å². The van der Waals surface area contributed by atoms with E-state index < -0.39 is 0 Å². The van der Waals surface area contributed by atoms with Gasteiger partial charge in [0.15, 0.2) is 5.82 Å². The van der Waals surface area contributed by atoms with E-state index in [4.69, 9.17) is 0 Å². The maximum absolute atomic E-state index is 12.7. The average Bonchev–Trinajstić information content (AvgIpc) is 3.03. The fourth-order valence-electron chi connectivity index (χ4n) is 3.34. The summed E-state index contributed by atoms with van der Waals surface area (Å²) in [6.07, 6.45) is 1.89. The number of hydrogen-bond donors (Lipinski definition) is 0. The van der Waals surface area contributed by atoms with Crippen molar-refractivity contribution in [2.24, 2.45) is 5.92 Å². The van der Waals surface area contributed by atoms with Crippen LogP contribution in [0.1, 0.15) is 40.7 Å². The van der Waals surface area contributed by atoms with E-state index in [1.54, 1.807) is 0 Å². The van der Waals surface area contributed by atoms with Gasteiger partial charge in [0.2, 0.25) is 5.91 Å². The fourth-order valence-corrected chi connectivity index (χ4v) is 4.39. The summed E-state index contributed by atoms with van der Waals surface area (Å²) in [5.74, 6) is 2.87. The molecule has 116 valence electrons. The van der Waals surface area contributed by atoms with Crippen LogP contribution < -0.4 is 0 Å². The van der Waals surface area contributed by atoms with Crippen LogP contribution in [0.5, 0.6) is 0 Å². The van der Waals surface area contributed by atoms with Crippen LogP contribution in [0.25, 0.3) is 0 Å². The number of aryl methyl sites for hydroxylation is 2. The number of rotatable bonds is 3. The van der Waals surface area contributed by atoms with Crippen molar-refractivity contribution in [2.45, 2.75) is 45.7 Å². The largest absolute Gasteiger partial charge is 0.333 e. The molecule has 0 spiro atoms. The lowest BCUT2D eigenvalue weighted by molar-refractivity contribution is -0.134. The quantitative estimate of drug-likeness (QED) is 0.873. The van der Waals surface area contributed by atoms with Crippen LogP contribution in [0.2, 0.25) is 0 Å². The Kier molecular flexibility index (Phi) is 3.29. The molecule has 0 bridgehead atoms. The van der Waals surface area contributed by atoms with E-state index >= 15 is 0 Å². The number of amides is 1. The van der Waals surface area contributed by atoms with Gasteiger partial charge in [0.1, 0.15) is 5.82 Å². The Morgan fingerprint density at radius 2 is 2.23 bits per heavy atom. The molecule has 0 saturated heterocycles. The van der Waals surface area contributed by atoms with Gasteiger partial charge in [-0.25, -0.2) is 0 Å². The second-order valence-electron chi connectivity index (χ2n) is 6.19. The minimum atomic E-state index is 0.179. The molecule has 5 nitrogen and oxygen atoms in total. The highest BCUT2D eigenvalue weighted by molar-refractivity contribution is 7.12. The van der Waals surface area contributed by atoms with Crippen LogP contribution in [0.3, 0.4) is 0 Å². The molecule has 2 aromatic heterocycles. The van der Waals surface area contributed by atoms with Crippen molar-refractivity contribution in [1.82, 2.24) is 19.7 Å². The highest BCUT2D eigenvalue weighted by atomic mass is 32.1. The molecule has 4 rings (SSSR count). The zero-order valence-electron chi connectivity index (χ0n) is 13.0. The Bertz CT molecular complexity index is 720. The molecule has 0 N–H and O–H groups in total. The summed E-state index contributed by atoms with van der Waals surface area (Å²) in [5, 5.41) is 8.45. The number of carbonyl (C=O) groups is 1. The van der Waals surface area contributed by atoms with Gasteiger partial charge >= 0.3 is 0 Å². The molecular weight excluding hydrogens is 296 g/mol. The zero-order chi connectivity index (χ0) is 15.3. The number of nitrogens with zero attached hydrogens (tertiary/aromatic N) is 4. The summed E-state index contributed by atoms with van der Waals surface area (Å²) in [6, 6.07) is 4.33. The molecule has 0 radical (unpaired) electrons. The molecule has 2 atom stereocenters. The normalized spacial score (nSPS) is 23.5. The maximum Gasteiger partial charge on any atom is 0.226 e. The third kappa shape index (κ3) is 2.26. The Balaban J connectivity index is 1.44. The SMILES string of the molecule is CCc1nnc2n1CCN(C(=O)[C@H]1C[C@H]1c1ccc(C)s1)C2. The van der Waals surface area contributed by atoms with E-state index in [0.717, 1.165) is 37.6 Å². The molecule has 1 fully saturated rings. The summed E-state index contributed by atoms with van der Waals surface area (Å²) in [5.41, 5.74) is 0. The second-order valence-corrected chi connectivity index (χ2v) is 7.51. The fraction of sp³-hybridized carbons (Fsp3) is 0.562. The lowest BCUT2D eigenvalue weighted by atomic mass is 10.2. The first-order valence-electron chi connectivity index (χ1n) is 7.93. The van der Waals surface area contributed by atoms with E-state index in [1.165, 1.54) is 9.75 Å². The van der Waals surface area contributed by atoms with Gasteiger partial charge in [0, 0.05) is 41.1 Å². The Morgan fingerprint density at radius 3 is 2.95 bits per heavy atom. The van der Waals surface area contributed by atoms with Gasteiger partial charge in [-0.2, -0.15) is 0 Å². The van der Waals surface area contributed by atoms with Crippen LogP contribution in [0.4, 0.5) is 0 Å². The first-order chi connectivity index (χ1) is 10.7. The van der Waals surface area contributed by atoms with Gasteiger partial charge < -0.3 is 9.47 Å². The van der Waals surface area contributed by atoms with E-state index in [2.05, 4.69) is 40.7 Å². The van der Waals surface area contributed by atoms with Crippen LogP contribution in [-0.4, -0.2) is 32.1 Å². The first-order valence-corrected chi connectivity index (χ1v) is 8.75. The summed E-state index contributed by atoms with van der Waals surface area (Å²) < 4.78 is 2.16. The Morgan fingerprint density at radius 1 is 1.36 bits per heavy atom. The van der Waals surface area contributed by atoms with Gasteiger partial charge in [-0.15, -0.1) is 21.5 Å². The minimum absolute atomic E-state index is 0.179. The van der Waals surface area contributed by atoms with E-state index in [-0.39, 0.29) is 5.92 Å². The molecule has 1 amide bonds. The lowest BCUT2D eigenvalue weighted by Gasteiger charge is -2.28.